The summed E-state index contributed by atoms with van der Waals surface area (Å²) in [5, 5.41) is 1.11. The zero-order valence-electron chi connectivity index (χ0n) is 17.5. The van der Waals surface area contributed by atoms with Crippen LogP contribution in [0.2, 0.25) is 5.02 Å². The molecule has 1 aliphatic rings. The predicted molar refractivity (Wildman–Crippen MR) is 110 cm³/mol. The maximum atomic E-state index is 13.7. The number of hydrogen-bond acceptors (Lipinski definition) is 4. The van der Waals surface area contributed by atoms with E-state index in [0.29, 0.717) is 12.1 Å². The fraction of sp³-hybridized carbons (Fsp3) is 0.381. The SMILES string of the molecule is O=C(N[C@H]1CC[C@@H](S(=O)(=O)c2cc(F)cc(C(F)(F)F)c2)CC1)c1ccc(Cl)c(OC(F)(F)F)c1. The van der Waals surface area contributed by atoms with Gasteiger partial charge in [-0.1, -0.05) is 11.6 Å². The van der Waals surface area contributed by atoms with Gasteiger partial charge < -0.3 is 10.1 Å². The highest BCUT2D eigenvalue weighted by atomic mass is 35.5. The van der Waals surface area contributed by atoms with E-state index in [4.69, 9.17) is 11.6 Å². The lowest BCUT2D eigenvalue weighted by molar-refractivity contribution is -0.274. The van der Waals surface area contributed by atoms with Gasteiger partial charge in [0.05, 0.1) is 20.7 Å². The number of sulfone groups is 1. The van der Waals surface area contributed by atoms with E-state index in [2.05, 4.69) is 10.1 Å². The highest BCUT2D eigenvalue weighted by Crippen LogP contribution is 2.35. The molecule has 0 spiro atoms. The van der Waals surface area contributed by atoms with Crippen LogP contribution in [-0.2, 0) is 16.0 Å². The fourth-order valence-electron chi connectivity index (χ4n) is 3.72. The molecule has 192 valence electrons. The number of amides is 1. The Balaban J connectivity index is 1.67. The predicted octanol–water partition coefficient (Wildman–Crippen LogP) is 5.91. The van der Waals surface area contributed by atoms with Crippen LogP contribution in [0.25, 0.3) is 0 Å². The van der Waals surface area contributed by atoms with Gasteiger partial charge in [0.15, 0.2) is 9.84 Å². The summed E-state index contributed by atoms with van der Waals surface area (Å²) in [5.41, 5.74) is -1.60. The van der Waals surface area contributed by atoms with E-state index >= 15 is 0 Å². The molecule has 0 unspecified atom stereocenters. The van der Waals surface area contributed by atoms with Crippen LogP contribution in [0.5, 0.6) is 5.75 Å². The lowest BCUT2D eigenvalue weighted by Gasteiger charge is -2.29. The lowest BCUT2D eigenvalue weighted by atomic mass is 9.94. The van der Waals surface area contributed by atoms with Gasteiger partial charge in [-0.05, 0) is 62.1 Å². The standard InChI is InChI=1S/C21H17ClF7NO4S/c22-17-6-1-11(7-18(17)34-21(27,28)29)19(31)30-14-2-4-15(5-3-14)35(32,33)16-9-12(20(24,25)26)8-13(23)10-16/h1,6-10,14-15H,2-5H2,(H,30,31)/t14-,15+. The molecule has 5 nitrogen and oxygen atoms in total. The molecule has 0 bridgehead atoms. The topological polar surface area (TPSA) is 72.5 Å². The van der Waals surface area contributed by atoms with E-state index in [9.17, 15) is 43.9 Å². The number of hydrogen-bond donors (Lipinski definition) is 1. The van der Waals surface area contributed by atoms with Crippen molar-refractivity contribution < 1.29 is 48.7 Å². The van der Waals surface area contributed by atoms with Crippen molar-refractivity contribution in [3.8, 4) is 5.75 Å². The maximum absolute atomic E-state index is 13.7. The largest absolute Gasteiger partial charge is 0.573 e. The summed E-state index contributed by atoms with van der Waals surface area (Å²) in [6.07, 6.45) is -9.78. The maximum Gasteiger partial charge on any atom is 0.573 e. The van der Waals surface area contributed by atoms with E-state index in [-0.39, 0.29) is 42.3 Å². The molecule has 3 rings (SSSR count). The summed E-state index contributed by atoms with van der Waals surface area (Å²) in [6.45, 7) is 0. The summed E-state index contributed by atoms with van der Waals surface area (Å²) in [7, 11) is -4.29. The molecular formula is C21H17ClF7NO4S. The molecule has 0 aliphatic heterocycles. The minimum Gasteiger partial charge on any atom is -0.404 e. The van der Waals surface area contributed by atoms with Crippen molar-refractivity contribution >= 4 is 27.3 Å². The molecule has 1 N–H and O–H groups in total. The van der Waals surface area contributed by atoms with Crippen LogP contribution in [0.4, 0.5) is 30.7 Å². The van der Waals surface area contributed by atoms with Crippen molar-refractivity contribution in [2.45, 2.75) is 54.4 Å². The minimum atomic E-state index is -5.02. The molecule has 0 aromatic heterocycles. The summed E-state index contributed by atoms with van der Waals surface area (Å²) < 4.78 is 119. The second-order valence-corrected chi connectivity index (χ2v) is 10.5. The zero-order valence-corrected chi connectivity index (χ0v) is 19.1. The highest BCUT2D eigenvalue weighted by Gasteiger charge is 2.37. The normalized spacial score (nSPS) is 19.3. The third-order valence-corrected chi connectivity index (χ3v) is 7.95. The van der Waals surface area contributed by atoms with Crippen LogP contribution in [0, 0.1) is 5.82 Å². The van der Waals surface area contributed by atoms with Crippen LogP contribution in [0.15, 0.2) is 41.3 Å². The zero-order chi connectivity index (χ0) is 26.2. The van der Waals surface area contributed by atoms with Crippen molar-refractivity contribution in [1.29, 1.82) is 0 Å². The summed E-state index contributed by atoms with van der Waals surface area (Å²) >= 11 is 5.65. The molecule has 35 heavy (non-hydrogen) atoms. The van der Waals surface area contributed by atoms with Crippen molar-refractivity contribution in [2.75, 3.05) is 0 Å². The molecule has 14 heteroatoms. The molecule has 0 radical (unpaired) electrons. The molecule has 2 aromatic rings. The first-order chi connectivity index (χ1) is 16.1. The van der Waals surface area contributed by atoms with Gasteiger partial charge in [-0.2, -0.15) is 13.2 Å². The first-order valence-corrected chi connectivity index (χ1v) is 12.0. The van der Waals surface area contributed by atoms with Crippen LogP contribution < -0.4 is 10.1 Å². The number of halogens is 8. The van der Waals surface area contributed by atoms with E-state index in [1.807, 2.05) is 0 Å². The Bertz CT molecular complexity index is 1210. The van der Waals surface area contributed by atoms with Crippen molar-refractivity contribution in [2.24, 2.45) is 0 Å². The smallest absolute Gasteiger partial charge is 0.404 e. The highest BCUT2D eigenvalue weighted by molar-refractivity contribution is 7.92. The van der Waals surface area contributed by atoms with E-state index < -0.39 is 61.6 Å². The Morgan fingerprint density at radius 2 is 1.60 bits per heavy atom. The number of benzene rings is 2. The third kappa shape index (κ3) is 6.78. The van der Waals surface area contributed by atoms with Gasteiger partial charge in [0.1, 0.15) is 11.6 Å². The molecular weight excluding hydrogens is 531 g/mol. The van der Waals surface area contributed by atoms with Crippen LogP contribution in [0.1, 0.15) is 41.6 Å². The summed E-state index contributed by atoms with van der Waals surface area (Å²) in [4.78, 5) is 11.7. The van der Waals surface area contributed by atoms with Crippen molar-refractivity contribution in [1.82, 2.24) is 5.32 Å². The molecule has 1 saturated carbocycles. The number of carbonyl (C=O) groups is 1. The first kappa shape index (κ1) is 27.1. The van der Waals surface area contributed by atoms with E-state index in [0.717, 1.165) is 12.1 Å². The molecule has 2 aromatic carbocycles. The fourth-order valence-corrected chi connectivity index (χ4v) is 5.72. The molecule has 1 amide bonds. The average molecular weight is 548 g/mol. The monoisotopic (exact) mass is 547 g/mol. The Kier molecular flexibility index (Phi) is 7.61. The van der Waals surface area contributed by atoms with E-state index in [1.165, 1.54) is 6.07 Å². The van der Waals surface area contributed by atoms with Gasteiger partial charge in [-0.15, -0.1) is 13.2 Å². The third-order valence-electron chi connectivity index (χ3n) is 5.39. The Hall–Kier alpha value is -2.54. The van der Waals surface area contributed by atoms with Crippen molar-refractivity contribution in [3.05, 3.63) is 58.4 Å². The van der Waals surface area contributed by atoms with Crippen LogP contribution >= 0.6 is 11.6 Å². The Morgan fingerprint density at radius 3 is 2.17 bits per heavy atom. The van der Waals surface area contributed by atoms with Gasteiger partial charge in [-0.3, -0.25) is 4.79 Å². The van der Waals surface area contributed by atoms with Gasteiger partial charge >= 0.3 is 12.5 Å². The minimum absolute atomic E-state index is 0.0335. The molecule has 0 saturated heterocycles. The van der Waals surface area contributed by atoms with Gasteiger partial charge in [0, 0.05) is 11.6 Å². The first-order valence-electron chi connectivity index (χ1n) is 10.0. The van der Waals surface area contributed by atoms with Crippen LogP contribution in [0.3, 0.4) is 0 Å². The van der Waals surface area contributed by atoms with Gasteiger partial charge in [0.25, 0.3) is 5.91 Å². The number of rotatable bonds is 5. The molecule has 0 heterocycles. The van der Waals surface area contributed by atoms with Crippen LogP contribution in [-0.4, -0.2) is 32.0 Å². The number of alkyl halides is 6. The number of nitrogens with one attached hydrogen (secondary N) is 1. The van der Waals surface area contributed by atoms with Crippen molar-refractivity contribution in [3.63, 3.8) is 0 Å². The van der Waals surface area contributed by atoms with Gasteiger partial charge in [-0.25, -0.2) is 12.8 Å². The Labute approximate surface area is 200 Å². The number of carbonyl (C=O) groups excluding carboxylic acids is 1. The quantitative estimate of drug-likeness (QED) is 0.472. The second-order valence-electron chi connectivity index (χ2n) is 7.86. The second kappa shape index (κ2) is 9.84. The molecule has 1 aliphatic carbocycles. The van der Waals surface area contributed by atoms with Gasteiger partial charge in [0.2, 0.25) is 0 Å². The summed E-state index contributed by atoms with van der Waals surface area (Å²) in [6, 6.07) is 3.60. The average Bonchev–Trinajstić information content (AvgIpc) is 2.73. The molecule has 1 fully saturated rings. The number of ether oxygens (including phenoxy) is 1. The molecule has 0 atom stereocenters. The lowest BCUT2D eigenvalue weighted by Crippen LogP contribution is -2.40. The van der Waals surface area contributed by atoms with E-state index in [1.54, 1.807) is 0 Å². The summed E-state index contributed by atoms with van der Waals surface area (Å²) in [5.74, 6) is -2.86. The Morgan fingerprint density at radius 1 is 0.971 bits per heavy atom.